The van der Waals surface area contributed by atoms with Crippen LogP contribution in [0.2, 0.25) is 0 Å². The van der Waals surface area contributed by atoms with Crippen LogP contribution < -0.4 is 0 Å². The lowest BCUT2D eigenvalue weighted by Crippen LogP contribution is -2.67. The number of benzene rings is 1. The normalized spacial score (nSPS) is 23.1. The predicted octanol–water partition coefficient (Wildman–Crippen LogP) is -0.0253. The van der Waals surface area contributed by atoms with Gasteiger partial charge in [0.2, 0.25) is 10.0 Å². The fraction of sp³-hybridized carbons (Fsp3) is 0.562. The molecule has 2 saturated heterocycles. The van der Waals surface area contributed by atoms with Crippen molar-refractivity contribution >= 4 is 25.8 Å². The average molecular weight is 402 g/mol. The summed E-state index contributed by atoms with van der Waals surface area (Å²) in [6, 6.07) is 5.14. The van der Waals surface area contributed by atoms with Crippen LogP contribution in [0, 0.1) is 0 Å². The Morgan fingerprint density at radius 1 is 0.962 bits per heavy atom. The molecule has 26 heavy (non-hydrogen) atoms. The number of hydrogen-bond acceptors (Lipinski definition) is 6. The van der Waals surface area contributed by atoms with Crippen molar-refractivity contribution in [2.45, 2.75) is 29.3 Å². The second-order valence-electron chi connectivity index (χ2n) is 6.54. The maximum atomic E-state index is 13.1. The predicted molar refractivity (Wildman–Crippen MR) is 95.7 cm³/mol. The van der Waals surface area contributed by atoms with Crippen molar-refractivity contribution in [2.75, 3.05) is 39.0 Å². The molecule has 0 saturated carbocycles. The van der Waals surface area contributed by atoms with E-state index < -0.39 is 26.0 Å². The van der Waals surface area contributed by atoms with E-state index in [0.717, 1.165) is 6.26 Å². The zero-order valence-electron chi connectivity index (χ0n) is 14.8. The lowest BCUT2D eigenvalue weighted by atomic mass is 10.2. The first-order valence-electron chi connectivity index (χ1n) is 8.51. The molecular weight excluding hydrogens is 378 g/mol. The van der Waals surface area contributed by atoms with Gasteiger partial charge in [-0.3, -0.25) is 9.69 Å². The molecule has 0 bridgehead atoms. The van der Waals surface area contributed by atoms with E-state index in [1.54, 1.807) is 4.90 Å². The number of carbonyl (C=O) groups is 1. The van der Waals surface area contributed by atoms with E-state index in [1.165, 1.54) is 28.6 Å². The van der Waals surface area contributed by atoms with Gasteiger partial charge < -0.3 is 4.90 Å². The third kappa shape index (κ3) is 3.38. The summed E-state index contributed by atoms with van der Waals surface area (Å²) in [6.07, 6.45) is 0.896. The Kier molecular flexibility index (Phi) is 5.13. The summed E-state index contributed by atoms with van der Waals surface area (Å²) in [6.45, 7) is 4.61. The Hall–Kier alpha value is -1.49. The molecule has 0 aromatic heterocycles. The van der Waals surface area contributed by atoms with Crippen molar-refractivity contribution in [1.82, 2.24) is 14.1 Å². The SMILES string of the molecule is CCN1CCN2CCCN(S(=O)(=O)c3ccc(S(C)(=O)=O)cc3)C2C1=O. The van der Waals surface area contributed by atoms with E-state index >= 15 is 0 Å². The van der Waals surface area contributed by atoms with Crippen molar-refractivity contribution in [3.8, 4) is 0 Å². The molecule has 0 radical (unpaired) electrons. The Labute approximate surface area is 154 Å². The lowest BCUT2D eigenvalue weighted by Gasteiger charge is -2.47. The van der Waals surface area contributed by atoms with Gasteiger partial charge in [-0.05, 0) is 37.6 Å². The number of rotatable bonds is 4. The number of likely N-dealkylation sites (N-methyl/N-ethyl adjacent to an activating group) is 1. The number of sulfone groups is 1. The molecule has 1 unspecified atom stereocenters. The van der Waals surface area contributed by atoms with E-state index in [1.807, 2.05) is 11.8 Å². The minimum absolute atomic E-state index is 0.00632. The van der Waals surface area contributed by atoms with Gasteiger partial charge in [-0.25, -0.2) is 16.8 Å². The molecule has 0 aliphatic carbocycles. The Morgan fingerprint density at radius 2 is 1.58 bits per heavy atom. The Balaban J connectivity index is 1.96. The third-order valence-electron chi connectivity index (χ3n) is 4.87. The quantitative estimate of drug-likeness (QED) is 0.703. The molecule has 3 rings (SSSR count). The number of hydrogen-bond donors (Lipinski definition) is 0. The Bertz CT molecular complexity index is 896. The summed E-state index contributed by atoms with van der Waals surface area (Å²) in [4.78, 5) is 16.4. The highest BCUT2D eigenvalue weighted by Gasteiger charge is 2.45. The monoisotopic (exact) mass is 401 g/mol. The molecule has 0 spiro atoms. The largest absolute Gasteiger partial charge is 0.339 e. The van der Waals surface area contributed by atoms with Crippen LogP contribution in [0.1, 0.15) is 13.3 Å². The molecule has 2 aliphatic heterocycles. The topological polar surface area (TPSA) is 95.1 Å². The molecular formula is C16H23N3O5S2. The highest BCUT2D eigenvalue weighted by atomic mass is 32.2. The van der Waals surface area contributed by atoms with Crippen LogP contribution in [0.15, 0.2) is 34.1 Å². The van der Waals surface area contributed by atoms with E-state index in [2.05, 4.69) is 0 Å². The van der Waals surface area contributed by atoms with E-state index in [-0.39, 0.29) is 22.2 Å². The smallest absolute Gasteiger partial charge is 0.255 e. The molecule has 8 nitrogen and oxygen atoms in total. The number of piperazine rings is 1. The zero-order valence-corrected chi connectivity index (χ0v) is 16.5. The molecule has 1 atom stereocenters. The van der Waals surface area contributed by atoms with Crippen LogP contribution >= 0.6 is 0 Å². The van der Waals surface area contributed by atoms with Gasteiger partial charge in [0.15, 0.2) is 16.0 Å². The fourth-order valence-corrected chi connectivity index (χ4v) is 5.69. The number of amides is 1. The van der Waals surface area contributed by atoms with Gasteiger partial charge in [-0.15, -0.1) is 0 Å². The first-order valence-corrected chi connectivity index (χ1v) is 11.8. The standard InChI is InChI=1S/C16H23N3O5S2/c1-3-17-11-12-18-9-4-10-19(15(18)16(17)20)26(23,24)14-7-5-13(6-8-14)25(2,21)22/h5-8,15H,3-4,9-12H2,1-2H3. The summed E-state index contributed by atoms with van der Waals surface area (Å²) < 4.78 is 50.6. The van der Waals surface area contributed by atoms with Crippen LogP contribution in [0.25, 0.3) is 0 Å². The summed E-state index contributed by atoms with van der Waals surface area (Å²) in [5.41, 5.74) is 0. The van der Waals surface area contributed by atoms with Crippen molar-refractivity contribution < 1.29 is 21.6 Å². The third-order valence-corrected chi connectivity index (χ3v) is 7.87. The van der Waals surface area contributed by atoms with Gasteiger partial charge in [0, 0.05) is 39.0 Å². The van der Waals surface area contributed by atoms with Gasteiger partial charge in [0.1, 0.15) is 0 Å². The van der Waals surface area contributed by atoms with Gasteiger partial charge in [-0.1, -0.05) is 0 Å². The first kappa shape index (κ1) is 19.3. The van der Waals surface area contributed by atoms with Crippen molar-refractivity contribution in [2.24, 2.45) is 0 Å². The molecule has 1 aromatic rings. The van der Waals surface area contributed by atoms with Crippen molar-refractivity contribution in [3.05, 3.63) is 24.3 Å². The number of fused-ring (bicyclic) bond motifs is 1. The van der Waals surface area contributed by atoms with Crippen LogP contribution in [0.4, 0.5) is 0 Å². The second-order valence-corrected chi connectivity index (χ2v) is 10.4. The number of sulfonamides is 1. The molecule has 2 heterocycles. The molecule has 10 heteroatoms. The molecule has 2 aliphatic rings. The van der Waals surface area contributed by atoms with E-state index in [0.29, 0.717) is 32.6 Å². The van der Waals surface area contributed by atoms with Gasteiger partial charge in [0.25, 0.3) is 5.91 Å². The van der Waals surface area contributed by atoms with Gasteiger partial charge in [0.05, 0.1) is 9.79 Å². The maximum Gasteiger partial charge on any atom is 0.255 e. The maximum absolute atomic E-state index is 13.1. The summed E-state index contributed by atoms with van der Waals surface area (Å²) in [7, 11) is -7.32. The summed E-state index contributed by atoms with van der Waals surface area (Å²) in [5, 5.41) is 0. The van der Waals surface area contributed by atoms with Crippen molar-refractivity contribution in [1.29, 1.82) is 0 Å². The van der Waals surface area contributed by atoms with Crippen molar-refractivity contribution in [3.63, 3.8) is 0 Å². The summed E-state index contributed by atoms with van der Waals surface area (Å²) >= 11 is 0. The van der Waals surface area contributed by atoms with Gasteiger partial charge >= 0.3 is 0 Å². The molecule has 144 valence electrons. The number of nitrogens with zero attached hydrogens (tertiary/aromatic N) is 3. The van der Waals surface area contributed by atoms with Crippen LogP contribution in [-0.2, 0) is 24.7 Å². The molecule has 1 aromatic carbocycles. The van der Waals surface area contributed by atoms with Crippen LogP contribution in [0.5, 0.6) is 0 Å². The zero-order chi connectivity index (χ0) is 19.1. The highest BCUT2D eigenvalue weighted by molar-refractivity contribution is 7.90. The molecule has 1 amide bonds. The fourth-order valence-electron chi connectivity index (χ4n) is 3.45. The Morgan fingerprint density at radius 3 is 2.15 bits per heavy atom. The van der Waals surface area contributed by atoms with Crippen LogP contribution in [-0.4, -0.2) is 82.0 Å². The van der Waals surface area contributed by atoms with Crippen LogP contribution in [0.3, 0.4) is 0 Å². The second kappa shape index (κ2) is 6.91. The van der Waals surface area contributed by atoms with E-state index in [9.17, 15) is 21.6 Å². The van der Waals surface area contributed by atoms with Gasteiger partial charge in [-0.2, -0.15) is 4.31 Å². The average Bonchev–Trinajstić information content (AvgIpc) is 2.61. The molecule has 2 fully saturated rings. The molecule has 0 N–H and O–H groups in total. The number of carbonyl (C=O) groups excluding carboxylic acids is 1. The highest BCUT2D eigenvalue weighted by Crippen LogP contribution is 2.27. The summed E-state index contributed by atoms with van der Waals surface area (Å²) in [5.74, 6) is -0.199. The van der Waals surface area contributed by atoms with E-state index in [4.69, 9.17) is 0 Å². The lowest BCUT2D eigenvalue weighted by molar-refractivity contribution is -0.149. The minimum atomic E-state index is -3.91. The first-order chi connectivity index (χ1) is 12.2. The minimum Gasteiger partial charge on any atom is -0.339 e.